The molecule has 0 saturated carbocycles. The summed E-state index contributed by atoms with van der Waals surface area (Å²) in [6, 6.07) is 2.68. The van der Waals surface area contributed by atoms with E-state index in [0.29, 0.717) is 5.69 Å². The van der Waals surface area contributed by atoms with Crippen molar-refractivity contribution in [1.29, 1.82) is 5.26 Å². The van der Waals surface area contributed by atoms with Gasteiger partial charge in [0, 0.05) is 6.08 Å². The number of hydrogen-bond acceptors (Lipinski definition) is 4. The quantitative estimate of drug-likeness (QED) is 0.732. The monoisotopic (exact) mass is 414 g/mol. The second-order valence-electron chi connectivity index (χ2n) is 6.06. The van der Waals surface area contributed by atoms with Crippen molar-refractivity contribution in [3.63, 3.8) is 0 Å². The number of quaternary nitrogens is 1. The Labute approximate surface area is 163 Å². The van der Waals surface area contributed by atoms with Crippen molar-refractivity contribution >= 4 is 23.5 Å². The Morgan fingerprint density at radius 1 is 1.46 bits per heavy atom. The van der Waals surface area contributed by atoms with Crippen LogP contribution in [-0.4, -0.2) is 30.2 Å². The zero-order valence-corrected chi connectivity index (χ0v) is 15.8. The normalized spacial score (nSPS) is 11.8. The van der Waals surface area contributed by atoms with Gasteiger partial charge in [0.15, 0.2) is 0 Å². The Morgan fingerprint density at radius 2 is 2.18 bits per heavy atom. The topological polar surface area (TPSA) is 89.3 Å². The van der Waals surface area contributed by atoms with Crippen LogP contribution in [0, 0.1) is 11.3 Å². The number of rotatable bonds is 6. The van der Waals surface area contributed by atoms with Crippen LogP contribution in [-0.2, 0) is 12.7 Å². The number of nitrogens with zero attached hydrogens (tertiary/aromatic N) is 3. The fourth-order valence-corrected chi connectivity index (χ4v) is 2.52. The number of nitrogens with one attached hydrogen (secondary N) is 3. The largest absolute Gasteiger partial charge is 0.419 e. The molecule has 148 valence electrons. The SMILES string of the molecule is C[NH+](C)/C=C/c1c(C#N)c(=O)ncn1CCNc1[nH+]cc(C(F)(F)F)cc1Cl. The van der Waals surface area contributed by atoms with E-state index in [1.54, 1.807) is 16.8 Å². The van der Waals surface area contributed by atoms with E-state index in [2.05, 4.69) is 15.3 Å². The standard InChI is InChI=1S/C17H16ClF3N6O/c1-26(2)5-3-14-12(8-22)16(28)25-10-27(14)6-4-23-15-13(18)7-11(9-24-15)17(19,20)21/h3,5,7,9-10H,4,6H2,1-2H3,(H,23,24)/p+2/b5-3+. The summed E-state index contributed by atoms with van der Waals surface area (Å²) in [5, 5.41) is 12.0. The molecule has 0 amide bonds. The molecule has 0 unspecified atom stereocenters. The van der Waals surface area contributed by atoms with Gasteiger partial charge in [-0.05, 0) is 6.07 Å². The van der Waals surface area contributed by atoms with Gasteiger partial charge in [0.25, 0.3) is 11.4 Å². The first-order valence-corrected chi connectivity index (χ1v) is 8.51. The van der Waals surface area contributed by atoms with E-state index in [1.807, 2.05) is 20.2 Å². The number of H-pyrrole nitrogens is 1. The highest BCUT2D eigenvalue weighted by Gasteiger charge is 2.32. The van der Waals surface area contributed by atoms with E-state index in [4.69, 9.17) is 11.6 Å². The lowest BCUT2D eigenvalue weighted by molar-refractivity contribution is -0.800. The predicted molar refractivity (Wildman–Crippen MR) is 96.6 cm³/mol. The number of pyridine rings is 1. The van der Waals surface area contributed by atoms with Gasteiger partial charge >= 0.3 is 6.18 Å². The Bertz CT molecular complexity index is 978. The molecule has 0 aliphatic heterocycles. The van der Waals surface area contributed by atoms with Crippen LogP contribution < -0.4 is 20.8 Å². The molecule has 3 N–H and O–H groups in total. The summed E-state index contributed by atoms with van der Waals surface area (Å²) in [6.07, 6.45) is 1.04. The molecule has 28 heavy (non-hydrogen) atoms. The molecule has 2 heterocycles. The van der Waals surface area contributed by atoms with Crippen LogP contribution in [0.25, 0.3) is 6.08 Å². The lowest BCUT2D eigenvalue weighted by Crippen LogP contribution is -3.00. The maximum Gasteiger partial charge on any atom is 0.419 e. The number of aromatic nitrogens is 3. The summed E-state index contributed by atoms with van der Waals surface area (Å²) in [6.45, 7) is 0.544. The maximum atomic E-state index is 12.7. The zero-order valence-electron chi connectivity index (χ0n) is 15.1. The van der Waals surface area contributed by atoms with Gasteiger partial charge in [-0.15, -0.1) is 0 Å². The van der Waals surface area contributed by atoms with Gasteiger partial charge in [0.05, 0.1) is 44.4 Å². The highest BCUT2D eigenvalue weighted by molar-refractivity contribution is 6.32. The molecular weight excluding hydrogens is 397 g/mol. The van der Waals surface area contributed by atoms with Gasteiger partial charge in [-0.2, -0.15) is 23.4 Å². The van der Waals surface area contributed by atoms with E-state index in [-0.39, 0.29) is 29.5 Å². The summed E-state index contributed by atoms with van der Waals surface area (Å²) in [4.78, 5) is 18.9. The van der Waals surface area contributed by atoms with Gasteiger partial charge in [-0.1, -0.05) is 11.6 Å². The summed E-state index contributed by atoms with van der Waals surface area (Å²) in [7, 11) is 3.74. The molecule has 11 heteroatoms. The van der Waals surface area contributed by atoms with Gasteiger partial charge < -0.3 is 9.47 Å². The Hall–Kier alpha value is -2.90. The summed E-state index contributed by atoms with van der Waals surface area (Å²) < 4.78 is 39.6. The molecule has 7 nitrogen and oxygen atoms in total. The number of halogens is 4. The van der Waals surface area contributed by atoms with Crippen LogP contribution in [0.1, 0.15) is 16.8 Å². The molecule has 2 aromatic rings. The van der Waals surface area contributed by atoms with Crippen LogP contribution in [0.2, 0.25) is 5.02 Å². The van der Waals surface area contributed by atoms with Gasteiger partial charge in [0.1, 0.15) is 29.4 Å². The number of alkyl halides is 3. The van der Waals surface area contributed by atoms with E-state index >= 15 is 0 Å². The number of aromatic amines is 1. The lowest BCUT2D eigenvalue weighted by Gasteiger charge is -2.11. The molecule has 0 aliphatic rings. The third-order valence-corrected chi connectivity index (χ3v) is 3.95. The van der Waals surface area contributed by atoms with Crippen LogP contribution in [0.15, 0.2) is 29.6 Å². The molecule has 0 bridgehead atoms. The minimum absolute atomic E-state index is 0.0841. The second-order valence-corrected chi connectivity index (χ2v) is 6.47. The lowest BCUT2D eigenvalue weighted by atomic mass is 10.2. The van der Waals surface area contributed by atoms with Gasteiger partial charge in [-0.25, -0.2) is 4.98 Å². The Morgan fingerprint density at radius 3 is 2.75 bits per heavy atom. The van der Waals surface area contributed by atoms with Crippen LogP contribution in [0.5, 0.6) is 0 Å². The van der Waals surface area contributed by atoms with E-state index in [9.17, 15) is 23.2 Å². The summed E-state index contributed by atoms with van der Waals surface area (Å²) in [5.74, 6) is 0.221. The fourth-order valence-electron chi connectivity index (χ4n) is 2.28. The van der Waals surface area contributed by atoms with E-state index < -0.39 is 17.3 Å². The van der Waals surface area contributed by atoms with Crippen LogP contribution >= 0.6 is 11.6 Å². The van der Waals surface area contributed by atoms with Gasteiger partial charge in [0.2, 0.25) is 0 Å². The average Bonchev–Trinajstić information content (AvgIpc) is 2.61. The number of anilines is 1. The second kappa shape index (κ2) is 8.86. The maximum absolute atomic E-state index is 12.7. The van der Waals surface area contributed by atoms with Crippen molar-refractivity contribution < 1.29 is 23.1 Å². The average molecular weight is 415 g/mol. The van der Waals surface area contributed by atoms with Crippen molar-refractivity contribution in [2.75, 3.05) is 26.0 Å². The molecule has 2 aromatic heterocycles. The molecule has 2 rings (SSSR count). The molecule has 0 aromatic carbocycles. The first-order chi connectivity index (χ1) is 13.1. The highest BCUT2D eigenvalue weighted by atomic mass is 35.5. The number of hydrogen-bond donors (Lipinski definition) is 2. The zero-order chi connectivity index (χ0) is 20.9. The third-order valence-electron chi connectivity index (χ3n) is 3.66. The fraction of sp³-hybridized carbons (Fsp3) is 0.294. The summed E-state index contributed by atoms with van der Waals surface area (Å²) in [5.41, 5.74) is -1.20. The molecule has 0 radical (unpaired) electrons. The Kier molecular flexibility index (Phi) is 6.77. The first kappa shape index (κ1) is 21.4. The summed E-state index contributed by atoms with van der Waals surface area (Å²) >= 11 is 5.89. The predicted octanol–water partition coefficient (Wildman–Crippen LogP) is 0.829. The van der Waals surface area contributed by atoms with E-state index in [0.717, 1.165) is 17.2 Å². The van der Waals surface area contributed by atoms with Crippen LogP contribution in [0.4, 0.5) is 19.0 Å². The molecule has 0 saturated heterocycles. The van der Waals surface area contributed by atoms with Gasteiger partial charge in [-0.3, -0.25) is 10.1 Å². The van der Waals surface area contributed by atoms with Crippen LogP contribution in [0.3, 0.4) is 0 Å². The van der Waals surface area contributed by atoms with Crippen molar-refractivity contribution in [1.82, 2.24) is 9.55 Å². The molecule has 0 atom stereocenters. The van der Waals surface area contributed by atoms with Crippen molar-refractivity contribution in [2.45, 2.75) is 12.7 Å². The van der Waals surface area contributed by atoms with E-state index in [1.165, 1.54) is 6.33 Å². The molecule has 0 fully saturated rings. The van der Waals surface area contributed by atoms with Crippen molar-refractivity contribution in [2.24, 2.45) is 0 Å². The highest BCUT2D eigenvalue weighted by Crippen LogP contribution is 2.31. The van der Waals surface area contributed by atoms with Crippen molar-refractivity contribution in [3.8, 4) is 6.07 Å². The minimum atomic E-state index is -4.50. The first-order valence-electron chi connectivity index (χ1n) is 8.13. The van der Waals surface area contributed by atoms with Crippen molar-refractivity contribution in [3.05, 3.63) is 57.0 Å². The minimum Gasteiger partial charge on any atom is -0.327 e. The molecule has 0 spiro atoms. The molecule has 0 aliphatic carbocycles. The Balaban J connectivity index is 2.19. The number of nitriles is 1. The third kappa shape index (κ3) is 5.31. The molecular formula is C17H18ClF3N6O+2. The smallest absolute Gasteiger partial charge is 0.327 e.